The summed E-state index contributed by atoms with van der Waals surface area (Å²) in [6.45, 7) is 3.23. The molecule has 1 aliphatic rings. The van der Waals surface area contributed by atoms with Crippen LogP contribution in [0.2, 0.25) is 5.02 Å². The second kappa shape index (κ2) is 8.04. The van der Waals surface area contributed by atoms with E-state index in [1.807, 2.05) is 4.90 Å². The van der Waals surface area contributed by atoms with Crippen LogP contribution in [0, 0.1) is 5.82 Å². The van der Waals surface area contributed by atoms with Gasteiger partial charge in [0, 0.05) is 36.8 Å². The van der Waals surface area contributed by atoms with E-state index in [4.69, 9.17) is 11.6 Å². The standard InChI is InChI=1S/C19H18ClFN6O/c20-15-3-1-14(2-4-15)19(28)26-11-9-25(10-12-26)13-18-22-23-24-27(18)17-7-5-16(21)6-8-17/h1-8H,9-13H2. The highest BCUT2D eigenvalue weighted by atomic mass is 35.5. The van der Waals surface area contributed by atoms with E-state index in [-0.39, 0.29) is 11.7 Å². The van der Waals surface area contributed by atoms with Crippen LogP contribution in [0.1, 0.15) is 16.2 Å². The molecule has 0 atom stereocenters. The van der Waals surface area contributed by atoms with E-state index in [2.05, 4.69) is 20.4 Å². The molecule has 2 aromatic carbocycles. The first-order valence-electron chi connectivity index (χ1n) is 8.90. The van der Waals surface area contributed by atoms with Gasteiger partial charge in [0.1, 0.15) is 5.82 Å². The molecule has 2 heterocycles. The molecule has 1 amide bonds. The normalized spacial score (nSPS) is 15.0. The third-order valence-corrected chi connectivity index (χ3v) is 4.97. The number of aromatic nitrogens is 4. The summed E-state index contributed by atoms with van der Waals surface area (Å²) in [5.41, 5.74) is 1.34. The topological polar surface area (TPSA) is 67.2 Å². The summed E-state index contributed by atoms with van der Waals surface area (Å²) in [5.74, 6) is 0.372. The van der Waals surface area contributed by atoms with Gasteiger partial charge in [0.15, 0.2) is 5.82 Å². The van der Waals surface area contributed by atoms with Crippen LogP contribution in [-0.2, 0) is 6.54 Å². The summed E-state index contributed by atoms with van der Waals surface area (Å²) in [7, 11) is 0. The number of rotatable bonds is 4. The average Bonchev–Trinajstić information content (AvgIpc) is 3.17. The van der Waals surface area contributed by atoms with Crippen molar-refractivity contribution in [2.24, 2.45) is 0 Å². The van der Waals surface area contributed by atoms with Gasteiger partial charge in [-0.15, -0.1) is 5.10 Å². The molecule has 1 aliphatic heterocycles. The lowest BCUT2D eigenvalue weighted by molar-refractivity contribution is 0.0624. The molecule has 144 valence electrons. The van der Waals surface area contributed by atoms with Crippen LogP contribution >= 0.6 is 11.6 Å². The molecule has 0 aliphatic carbocycles. The second-order valence-electron chi connectivity index (χ2n) is 6.56. The van der Waals surface area contributed by atoms with E-state index in [1.54, 1.807) is 41.1 Å². The number of hydrogen-bond donors (Lipinski definition) is 0. The van der Waals surface area contributed by atoms with Gasteiger partial charge in [-0.05, 0) is 59.0 Å². The predicted octanol–water partition coefficient (Wildman–Crippen LogP) is 2.41. The number of carbonyl (C=O) groups excluding carboxylic acids is 1. The Kier molecular flexibility index (Phi) is 5.31. The lowest BCUT2D eigenvalue weighted by Crippen LogP contribution is -2.48. The molecule has 7 nitrogen and oxygen atoms in total. The minimum Gasteiger partial charge on any atom is -0.336 e. The van der Waals surface area contributed by atoms with Gasteiger partial charge in [-0.2, -0.15) is 4.68 Å². The molecule has 1 saturated heterocycles. The quantitative estimate of drug-likeness (QED) is 0.672. The van der Waals surface area contributed by atoms with Gasteiger partial charge in [0.25, 0.3) is 5.91 Å². The largest absolute Gasteiger partial charge is 0.336 e. The molecule has 4 rings (SSSR count). The van der Waals surface area contributed by atoms with Crippen LogP contribution in [-0.4, -0.2) is 62.1 Å². The number of tetrazole rings is 1. The zero-order valence-corrected chi connectivity index (χ0v) is 15.8. The van der Waals surface area contributed by atoms with Gasteiger partial charge in [-0.3, -0.25) is 9.69 Å². The van der Waals surface area contributed by atoms with Crippen molar-refractivity contribution in [3.63, 3.8) is 0 Å². The van der Waals surface area contributed by atoms with Crippen LogP contribution in [0.4, 0.5) is 4.39 Å². The predicted molar refractivity (Wildman–Crippen MR) is 102 cm³/mol. The number of amides is 1. The first kappa shape index (κ1) is 18.5. The smallest absolute Gasteiger partial charge is 0.253 e. The lowest BCUT2D eigenvalue weighted by atomic mass is 10.2. The lowest BCUT2D eigenvalue weighted by Gasteiger charge is -2.34. The van der Waals surface area contributed by atoms with Gasteiger partial charge in [-0.1, -0.05) is 11.6 Å². The Morgan fingerprint density at radius 1 is 1.00 bits per heavy atom. The molecule has 0 saturated carbocycles. The molecule has 28 heavy (non-hydrogen) atoms. The molecular formula is C19H18ClFN6O. The molecule has 1 fully saturated rings. The van der Waals surface area contributed by atoms with Gasteiger partial charge in [0.05, 0.1) is 12.2 Å². The van der Waals surface area contributed by atoms with Gasteiger partial charge in [0.2, 0.25) is 0 Å². The monoisotopic (exact) mass is 400 g/mol. The summed E-state index contributed by atoms with van der Waals surface area (Å²) < 4.78 is 14.7. The number of nitrogens with zero attached hydrogens (tertiary/aromatic N) is 6. The Bertz CT molecular complexity index is 951. The van der Waals surface area contributed by atoms with Crippen LogP contribution < -0.4 is 0 Å². The fourth-order valence-corrected chi connectivity index (χ4v) is 3.30. The molecule has 0 unspecified atom stereocenters. The molecule has 3 aromatic rings. The van der Waals surface area contributed by atoms with Crippen molar-refractivity contribution < 1.29 is 9.18 Å². The summed E-state index contributed by atoms with van der Waals surface area (Å²) in [4.78, 5) is 16.6. The molecule has 0 N–H and O–H groups in total. The van der Waals surface area contributed by atoms with E-state index < -0.39 is 0 Å². The molecule has 0 bridgehead atoms. The van der Waals surface area contributed by atoms with Crippen molar-refractivity contribution in [3.8, 4) is 5.69 Å². The van der Waals surface area contributed by atoms with Crippen LogP contribution in [0.3, 0.4) is 0 Å². The molecule has 1 aromatic heterocycles. The average molecular weight is 401 g/mol. The number of hydrogen-bond acceptors (Lipinski definition) is 5. The summed E-state index contributed by atoms with van der Waals surface area (Å²) >= 11 is 5.89. The number of benzene rings is 2. The minimum atomic E-state index is -0.306. The highest BCUT2D eigenvalue weighted by Crippen LogP contribution is 2.15. The maximum atomic E-state index is 13.1. The van der Waals surface area contributed by atoms with Crippen molar-refractivity contribution in [2.75, 3.05) is 26.2 Å². The Balaban J connectivity index is 1.38. The van der Waals surface area contributed by atoms with Crippen molar-refractivity contribution in [1.29, 1.82) is 0 Å². The van der Waals surface area contributed by atoms with Crippen LogP contribution in [0.25, 0.3) is 5.69 Å². The van der Waals surface area contributed by atoms with Crippen LogP contribution in [0.15, 0.2) is 48.5 Å². The number of piperazine rings is 1. The maximum Gasteiger partial charge on any atom is 0.253 e. The minimum absolute atomic E-state index is 0.00691. The second-order valence-corrected chi connectivity index (χ2v) is 7.00. The highest BCUT2D eigenvalue weighted by Gasteiger charge is 2.23. The van der Waals surface area contributed by atoms with E-state index in [9.17, 15) is 9.18 Å². The Hall–Kier alpha value is -2.84. The van der Waals surface area contributed by atoms with Crippen molar-refractivity contribution in [1.82, 2.24) is 30.0 Å². The number of carbonyl (C=O) groups is 1. The Morgan fingerprint density at radius 2 is 1.68 bits per heavy atom. The molecule has 0 radical (unpaired) electrons. The van der Waals surface area contributed by atoms with Gasteiger partial charge >= 0.3 is 0 Å². The van der Waals surface area contributed by atoms with Crippen molar-refractivity contribution >= 4 is 17.5 Å². The van der Waals surface area contributed by atoms with Crippen molar-refractivity contribution in [2.45, 2.75) is 6.54 Å². The summed E-state index contributed by atoms with van der Waals surface area (Å²) in [5, 5.41) is 12.5. The first-order valence-corrected chi connectivity index (χ1v) is 9.28. The number of halogens is 2. The SMILES string of the molecule is O=C(c1ccc(Cl)cc1)N1CCN(Cc2nnnn2-c2ccc(F)cc2)CC1. The molecule has 0 spiro atoms. The molecular weight excluding hydrogens is 383 g/mol. The Morgan fingerprint density at radius 3 is 2.36 bits per heavy atom. The summed E-state index contributed by atoms with van der Waals surface area (Å²) in [6.07, 6.45) is 0. The third-order valence-electron chi connectivity index (χ3n) is 4.72. The van der Waals surface area contributed by atoms with Gasteiger partial charge in [-0.25, -0.2) is 4.39 Å². The Labute approximate surface area is 166 Å². The fraction of sp³-hybridized carbons (Fsp3) is 0.263. The zero-order chi connectivity index (χ0) is 19.5. The van der Waals surface area contributed by atoms with Gasteiger partial charge < -0.3 is 4.90 Å². The maximum absolute atomic E-state index is 13.1. The fourth-order valence-electron chi connectivity index (χ4n) is 3.17. The highest BCUT2D eigenvalue weighted by molar-refractivity contribution is 6.30. The van der Waals surface area contributed by atoms with E-state index in [0.29, 0.717) is 41.7 Å². The van der Waals surface area contributed by atoms with E-state index in [1.165, 1.54) is 12.1 Å². The van der Waals surface area contributed by atoms with E-state index >= 15 is 0 Å². The third kappa shape index (κ3) is 4.02. The van der Waals surface area contributed by atoms with Crippen LogP contribution in [0.5, 0.6) is 0 Å². The van der Waals surface area contributed by atoms with Crippen molar-refractivity contribution in [3.05, 3.63) is 70.8 Å². The van der Waals surface area contributed by atoms with E-state index in [0.717, 1.165) is 13.1 Å². The summed E-state index contributed by atoms with van der Waals surface area (Å²) in [6, 6.07) is 13.0. The first-order chi connectivity index (χ1) is 13.6. The zero-order valence-electron chi connectivity index (χ0n) is 15.0. The molecule has 9 heteroatoms.